The molecular weight excluding hydrogens is 368 g/mol. The van der Waals surface area contributed by atoms with Gasteiger partial charge in [0.25, 0.3) is 0 Å². The Morgan fingerprint density at radius 3 is 2.64 bits per heavy atom. The number of oxazole rings is 1. The van der Waals surface area contributed by atoms with Gasteiger partial charge in [-0.1, -0.05) is 11.6 Å². The Morgan fingerprint density at radius 1 is 1.27 bits per heavy atom. The van der Waals surface area contributed by atoms with E-state index in [1.54, 1.807) is 12.1 Å². The van der Waals surface area contributed by atoms with E-state index in [1.165, 1.54) is 7.11 Å². The van der Waals surface area contributed by atoms with E-state index >= 15 is 0 Å². The van der Waals surface area contributed by atoms with Gasteiger partial charge in [-0.15, -0.1) is 0 Å². The Balaban J connectivity index is 2.21. The van der Waals surface area contributed by atoms with Crippen LogP contribution in [0.2, 0.25) is 5.02 Å². The zero-order chi connectivity index (χ0) is 16.0. The molecule has 2 N–H and O–H groups in total. The maximum atomic E-state index is 6.18. The number of fused-ring (bicyclic) bond motifs is 1. The molecule has 0 aliphatic carbocycles. The molecular formula is C16H14BrClN2O2. The molecule has 114 valence electrons. The van der Waals surface area contributed by atoms with E-state index in [0.717, 1.165) is 21.1 Å². The van der Waals surface area contributed by atoms with Crippen LogP contribution in [0.25, 0.3) is 22.6 Å². The van der Waals surface area contributed by atoms with Gasteiger partial charge < -0.3 is 14.9 Å². The number of anilines is 1. The Labute approximate surface area is 141 Å². The van der Waals surface area contributed by atoms with Crippen molar-refractivity contribution < 1.29 is 9.15 Å². The number of nitrogens with zero attached hydrogens (tertiary/aromatic N) is 1. The highest BCUT2D eigenvalue weighted by Gasteiger charge is 2.16. The van der Waals surface area contributed by atoms with Crippen LogP contribution in [0, 0.1) is 13.8 Å². The molecule has 4 nitrogen and oxygen atoms in total. The van der Waals surface area contributed by atoms with Crippen LogP contribution in [0.3, 0.4) is 0 Å². The summed E-state index contributed by atoms with van der Waals surface area (Å²) < 4.78 is 12.0. The fourth-order valence-corrected chi connectivity index (χ4v) is 3.22. The minimum Gasteiger partial charge on any atom is -0.493 e. The van der Waals surface area contributed by atoms with Gasteiger partial charge >= 0.3 is 0 Å². The zero-order valence-electron chi connectivity index (χ0n) is 12.3. The van der Waals surface area contributed by atoms with E-state index in [1.807, 2.05) is 19.9 Å². The third kappa shape index (κ3) is 2.34. The molecule has 0 saturated carbocycles. The van der Waals surface area contributed by atoms with Gasteiger partial charge in [0.1, 0.15) is 5.52 Å². The van der Waals surface area contributed by atoms with Crippen molar-refractivity contribution in [3.8, 4) is 17.2 Å². The third-order valence-corrected chi connectivity index (χ3v) is 4.89. The number of ether oxygens (including phenoxy) is 1. The van der Waals surface area contributed by atoms with Crippen molar-refractivity contribution in [2.24, 2.45) is 0 Å². The van der Waals surface area contributed by atoms with Gasteiger partial charge in [-0.05, 0) is 59.1 Å². The van der Waals surface area contributed by atoms with Crippen molar-refractivity contribution in [2.75, 3.05) is 12.8 Å². The molecule has 3 aromatic rings. The lowest BCUT2D eigenvalue weighted by molar-refractivity contribution is 0.417. The van der Waals surface area contributed by atoms with E-state index in [9.17, 15) is 0 Å². The van der Waals surface area contributed by atoms with Crippen molar-refractivity contribution in [1.29, 1.82) is 0 Å². The predicted molar refractivity (Wildman–Crippen MR) is 92.6 cm³/mol. The summed E-state index contributed by atoms with van der Waals surface area (Å²) in [5, 5.41) is 0.422. The van der Waals surface area contributed by atoms with Crippen LogP contribution < -0.4 is 10.5 Å². The average Bonchev–Trinajstić information content (AvgIpc) is 2.88. The van der Waals surface area contributed by atoms with Crippen LogP contribution in [0.4, 0.5) is 5.69 Å². The van der Waals surface area contributed by atoms with Crippen molar-refractivity contribution in [1.82, 2.24) is 4.98 Å². The van der Waals surface area contributed by atoms with Crippen LogP contribution in [0.15, 0.2) is 27.1 Å². The molecule has 0 bridgehead atoms. The SMILES string of the molecule is COc1c(N)cc(-c2nc3cc(C)c(C)c(Br)c3o2)cc1Cl. The fraction of sp³-hybridized carbons (Fsp3) is 0.188. The highest BCUT2D eigenvalue weighted by atomic mass is 79.9. The molecule has 22 heavy (non-hydrogen) atoms. The fourth-order valence-electron chi connectivity index (χ4n) is 2.32. The number of nitrogens with two attached hydrogens (primary N) is 1. The highest BCUT2D eigenvalue weighted by Crippen LogP contribution is 2.38. The average molecular weight is 382 g/mol. The molecule has 0 amide bonds. The largest absolute Gasteiger partial charge is 0.493 e. The van der Waals surface area contributed by atoms with Gasteiger partial charge in [0.15, 0.2) is 11.3 Å². The molecule has 3 rings (SSSR count). The van der Waals surface area contributed by atoms with Crippen LogP contribution in [-0.4, -0.2) is 12.1 Å². The second kappa shape index (κ2) is 5.48. The van der Waals surface area contributed by atoms with E-state index in [2.05, 4.69) is 20.9 Å². The summed E-state index contributed by atoms with van der Waals surface area (Å²) in [7, 11) is 1.53. The molecule has 0 aliphatic rings. The Bertz CT molecular complexity index is 866. The van der Waals surface area contributed by atoms with Gasteiger partial charge in [0, 0.05) is 5.56 Å². The first-order valence-electron chi connectivity index (χ1n) is 6.62. The number of hydrogen-bond acceptors (Lipinski definition) is 4. The maximum Gasteiger partial charge on any atom is 0.227 e. The quantitative estimate of drug-likeness (QED) is 0.626. The summed E-state index contributed by atoms with van der Waals surface area (Å²) in [6, 6.07) is 5.47. The Kier molecular flexibility index (Phi) is 3.78. The number of benzene rings is 2. The Morgan fingerprint density at radius 2 is 2.00 bits per heavy atom. The van der Waals surface area contributed by atoms with E-state index in [4.69, 9.17) is 26.5 Å². The number of aryl methyl sites for hydroxylation is 1. The highest BCUT2D eigenvalue weighted by molar-refractivity contribution is 9.10. The van der Waals surface area contributed by atoms with Gasteiger partial charge in [-0.3, -0.25) is 0 Å². The normalized spacial score (nSPS) is 11.1. The molecule has 0 spiro atoms. The van der Waals surface area contributed by atoms with Crippen LogP contribution in [0.5, 0.6) is 5.75 Å². The summed E-state index contributed by atoms with van der Waals surface area (Å²) in [4.78, 5) is 4.53. The molecule has 0 unspecified atom stereocenters. The second-order valence-electron chi connectivity index (χ2n) is 5.08. The maximum absolute atomic E-state index is 6.18. The molecule has 0 saturated heterocycles. The van der Waals surface area contributed by atoms with Crippen LogP contribution >= 0.6 is 27.5 Å². The van der Waals surface area contributed by atoms with Crippen molar-refractivity contribution in [3.05, 3.63) is 38.8 Å². The minimum absolute atomic E-state index is 0.422. The number of rotatable bonds is 2. The molecule has 1 heterocycles. The third-order valence-electron chi connectivity index (χ3n) is 3.65. The minimum atomic E-state index is 0.422. The molecule has 0 fully saturated rings. The smallest absolute Gasteiger partial charge is 0.227 e. The van der Waals surface area contributed by atoms with E-state index in [-0.39, 0.29) is 0 Å². The molecule has 2 aromatic carbocycles. The monoisotopic (exact) mass is 380 g/mol. The van der Waals surface area contributed by atoms with Crippen molar-refractivity contribution in [2.45, 2.75) is 13.8 Å². The molecule has 0 atom stereocenters. The molecule has 0 radical (unpaired) electrons. The summed E-state index contributed by atoms with van der Waals surface area (Å²) in [5.41, 5.74) is 10.9. The van der Waals surface area contributed by atoms with Gasteiger partial charge in [0.05, 0.1) is 22.3 Å². The predicted octanol–water partition coefficient (Wildman–Crippen LogP) is 5.12. The molecule has 1 aromatic heterocycles. The molecule has 6 heteroatoms. The number of aromatic nitrogens is 1. The summed E-state index contributed by atoms with van der Waals surface area (Å²) in [6.45, 7) is 4.07. The number of hydrogen-bond donors (Lipinski definition) is 1. The summed E-state index contributed by atoms with van der Waals surface area (Å²) >= 11 is 9.75. The lowest BCUT2D eigenvalue weighted by Crippen LogP contribution is -1.94. The number of methoxy groups -OCH3 is 1. The van der Waals surface area contributed by atoms with Crippen molar-refractivity contribution >= 4 is 44.3 Å². The van der Waals surface area contributed by atoms with E-state index < -0.39 is 0 Å². The first-order chi connectivity index (χ1) is 10.4. The van der Waals surface area contributed by atoms with Crippen LogP contribution in [0.1, 0.15) is 11.1 Å². The second-order valence-corrected chi connectivity index (χ2v) is 6.28. The number of nitrogen functional groups attached to an aromatic ring is 1. The van der Waals surface area contributed by atoms with E-state index in [0.29, 0.717) is 33.5 Å². The molecule has 0 aliphatic heterocycles. The zero-order valence-corrected chi connectivity index (χ0v) is 14.7. The lowest BCUT2D eigenvalue weighted by atomic mass is 10.1. The van der Waals surface area contributed by atoms with Gasteiger partial charge in [-0.2, -0.15) is 0 Å². The first-order valence-corrected chi connectivity index (χ1v) is 7.79. The summed E-state index contributed by atoms with van der Waals surface area (Å²) in [5.74, 6) is 0.923. The van der Waals surface area contributed by atoms with Crippen LogP contribution in [-0.2, 0) is 0 Å². The summed E-state index contributed by atoms with van der Waals surface area (Å²) in [6.07, 6.45) is 0. The topological polar surface area (TPSA) is 61.3 Å². The van der Waals surface area contributed by atoms with Gasteiger partial charge in [0.2, 0.25) is 5.89 Å². The van der Waals surface area contributed by atoms with Crippen molar-refractivity contribution in [3.63, 3.8) is 0 Å². The standard InChI is InChI=1S/C16H14BrClN2O2/c1-7-4-12-15(13(17)8(7)2)22-16(20-12)9-5-10(18)14(21-3)11(19)6-9/h4-6H,19H2,1-3H3. The number of halogens is 2. The first kappa shape index (κ1) is 15.2. The Hall–Kier alpha value is -1.72. The van der Waals surface area contributed by atoms with Gasteiger partial charge in [-0.25, -0.2) is 4.98 Å². The lowest BCUT2D eigenvalue weighted by Gasteiger charge is -2.07.